The Kier molecular flexibility index (Phi) is 4.73. The molecule has 7 heteroatoms. The minimum absolute atomic E-state index is 0.131. The van der Waals surface area contributed by atoms with Gasteiger partial charge in [-0.3, -0.25) is 4.79 Å². The number of carboxylic acid groups (broad SMARTS) is 1. The molecule has 2 amide bonds. The van der Waals surface area contributed by atoms with Gasteiger partial charge >= 0.3 is 12.0 Å². The smallest absolute Gasteiger partial charge is 0.319 e. The minimum atomic E-state index is -0.812. The molecule has 1 aromatic rings. The molecule has 0 spiro atoms. The number of halogens is 2. The molecule has 0 aromatic heterocycles. The van der Waals surface area contributed by atoms with Gasteiger partial charge in [-0.15, -0.1) is 0 Å². The summed E-state index contributed by atoms with van der Waals surface area (Å²) in [7, 11) is 0. The Bertz CT molecular complexity index is 536. The predicted molar refractivity (Wildman–Crippen MR) is 77.4 cm³/mol. The van der Waals surface area contributed by atoms with E-state index in [9.17, 15) is 9.59 Å². The Hall–Kier alpha value is -1.46. The van der Waals surface area contributed by atoms with Crippen molar-refractivity contribution in [1.82, 2.24) is 5.32 Å². The van der Waals surface area contributed by atoms with Gasteiger partial charge in [-0.05, 0) is 37.5 Å². The van der Waals surface area contributed by atoms with Crippen molar-refractivity contribution in [2.24, 2.45) is 5.92 Å². The number of benzene rings is 1. The van der Waals surface area contributed by atoms with Gasteiger partial charge < -0.3 is 15.7 Å². The van der Waals surface area contributed by atoms with Crippen molar-refractivity contribution in [2.75, 3.05) is 5.32 Å². The van der Waals surface area contributed by atoms with Crippen molar-refractivity contribution in [1.29, 1.82) is 0 Å². The number of hydrogen-bond acceptors (Lipinski definition) is 2. The molecule has 1 saturated carbocycles. The second-order valence-electron chi connectivity index (χ2n) is 4.77. The Morgan fingerprint density at radius 3 is 2.65 bits per heavy atom. The van der Waals surface area contributed by atoms with Crippen molar-refractivity contribution in [3.63, 3.8) is 0 Å². The van der Waals surface area contributed by atoms with E-state index in [0.717, 1.165) is 0 Å². The van der Waals surface area contributed by atoms with Gasteiger partial charge in [0.25, 0.3) is 0 Å². The number of nitrogens with one attached hydrogen (secondary N) is 2. The maximum Gasteiger partial charge on any atom is 0.319 e. The molecule has 1 aliphatic carbocycles. The number of aliphatic carboxylic acids is 1. The van der Waals surface area contributed by atoms with Crippen LogP contribution >= 0.6 is 23.2 Å². The number of carbonyl (C=O) groups excluding carboxylic acids is 1. The summed E-state index contributed by atoms with van der Waals surface area (Å²) in [6.07, 6.45) is 1.69. The molecule has 0 bridgehead atoms. The normalized spacial score (nSPS) is 21.5. The number of carbonyl (C=O) groups is 2. The lowest BCUT2D eigenvalue weighted by Gasteiger charge is -2.14. The number of anilines is 1. The number of carboxylic acids is 1. The summed E-state index contributed by atoms with van der Waals surface area (Å²) in [6, 6.07) is 4.23. The van der Waals surface area contributed by atoms with Crippen LogP contribution in [0.1, 0.15) is 19.3 Å². The van der Waals surface area contributed by atoms with E-state index < -0.39 is 12.0 Å². The van der Waals surface area contributed by atoms with Crippen molar-refractivity contribution >= 4 is 40.9 Å². The van der Waals surface area contributed by atoms with Gasteiger partial charge in [-0.25, -0.2) is 4.79 Å². The molecule has 0 unspecified atom stereocenters. The molecule has 2 atom stereocenters. The highest BCUT2D eigenvalue weighted by Gasteiger charge is 2.30. The standard InChI is InChI=1S/C13H14Cl2N2O3/c14-8-2-4-10(15)11(6-8)17-13(20)16-9-3-1-7(5-9)12(18)19/h2,4,6-7,9H,1,3,5H2,(H,18,19)(H2,16,17,20)/t7-,9+/m1/s1. The van der Waals surface area contributed by atoms with E-state index in [1.54, 1.807) is 18.2 Å². The van der Waals surface area contributed by atoms with E-state index in [1.807, 2.05) is 0 Å². The molecule has 1 aromatic carbocycles. The molecule has 108 valence electrons. The van der Waals surface area contributed by atoms with Crippen LogP contribution < -0.4 is 10.6 Å². The SMILES string of the molecule is O=C(Nc1cc(Cl)ccc1Cl)N[C@H]1CC[C@@H](C(=O)O)C1. The van der Waals surface area contributed by atoms with Gasteiger partial charge in [-0.1, -0.05) is 23.2 Å². The maximum atomic E-state index is 11.8. The number of urea groups is 1. The molecule has 0 heterocycles. The second-order valence-corrected chi connectivity index (χ2v) is 5.61. The largest absolute Gasteiger partial charge is 0.481 e. The average Bonchev–Trinajstić information content (AvgIpc) is 2.82. The number of rotatable bonds is 3. The van der Waals surface area contributed by atoms with E-state index in [0.29, 0.717) is 35.0 Å². The van der Waals surface area contributed by atoms with Crippen LogP contribution in [0.25, 0.3) is 0 Å². The van der Waals surface area contributed by atoms with Crippen LogP contribution in [0.5, 0.6) is 0 Å². The Balaban J connectivity index is 1.90. The van der Waals surface area contributed by atoms with Gasteiger partial charge in [-0.2, -0.15) is 0 Å². The van der Waals surface area contributed by atoms with Gasteiger partial charge in [0.1, 0.15) is 0 Å². The predicted octanol–water partition coefficient (Wildman–Crippen LogP) is 3.37. The zero-order chi connectivity index (χ0) is 14.7. The van der Waals surface area contributed by atoms with E-state index >= 15 is 0 Å². The molecule has 3 N–H and O–H groups in total. The highest BCUT2D eigenvalue weighted by Crippen LogP contribution is 2.27. The molecular formula is C13H14Cl2N2O3. The summed E-state index contributed by atoms with van der Waals surface area (Å²) in [5.74, 6) is -1.19. The minimum Gasteiger partial charge on any atom is -0.481 e. The van der Waals surface area contributed by atoms with Crippen LogP contribution in [-0.2, 0) is 4.79 Å². The monoisotopic (exact) mass is 316 g/mol. The van der Waals surface area contributed by atoms with Gasteiger partial charge in [0.05, 0.1) is 16.6 Å². The lowest BCUT2D eigenvalue weighted by Crippen LogP contribution is -2.36. The van der Waals surface area contributed by atoms with Crippen LogP contribution in [0.4, 0.5) is 10.5 Å². The van der Waals surface area contributed by atoms with Crippen molar-refractivity contribution in [2.45, 2.75) is 25.3 Å². The van der Waals surface area contributed by atoms with Crippen molar-refractivity contribution in [3.05, 3.63) is 28.2 Å². The van der Waals surface area contributed by atoms with Crippen LogP contribution in [0.2, 0.25) is 10.0 Å². The summed E-state index contributed by atoms with van der Waals surface area (Å²) in [5.41, 5.74) is 0.421. The molecule has 1 aliphatic rings. The lowest BCUT2D eigenvalue weighted by atomic mass is 10.1. The highest BCUT2D eigenvalue weighted by molar-refractivity contribution is 6.35. The van der Waals surface area contributed by atoms with Crippen LogP contribution in [0.15, 0.2) is 18.2 Å². The molecule has 2 rings (SSSR count). The maximum absolute atomic E-state index is 11.8. The summed E-state index contributed by atoms with van der Waals surface area (Å²) in [6.45, 7) is 0. The van der Waals surface area contributed by atoms with Crippen LogP contribution in [0, 0.1) is 5.92 Å². The van der Waals surface area contributed by atoms with Gasteiger partial charge in [0.15, 0.2) is 0 Å². The average molecular weight is 317 g/mol. The first-order valence-electron chi connectivity index (χ1n) is 6.21. The molecule has 0 aliphatic heterocycles. The Labute approximate surface area is 126 Å². The first-order chi connectivity index (χ1) is 9.45. The summed E-state index contributed by atoms with van der Waals surface area (Å²) in [4.78, 5) is 22.7. The fourth-order valence-corrected chi connectivity index (χ4v) is 2.61. The molecule has 5 nitrogen and oxygen atoms in total. The first kappa shape index (κ1) is 14.9. The van der Waals surface area contributed by atoms with Crippen LogP contribution in [-0.4, -0.2) is 23.1 Å². The first-order valence-corrected chi connectivity index (χ1v) is 6.96. The molecule has 0 saturated heterocycles. The molecular weight excluding hydrogens is 303 g/mol. The van der Waals surface area contributed by atoms with Crippen molar-refractivity contribution < 1.29 is 14.7 Å². The third-order valence-corrected chi connectivity index (χ3v) is 3.86. The fraction of sp³-hybridized carbons (Fsp3) is 0.385. The van der Waals surface area contributed by atoms with E-state index in [-0.39, 0.29) is 12.0 Å². The topological polar surface area (TPSA) is 78.4 Å². The second kappa shape index (κ2) is 6.33. The zero-order valence-corrected chi connectivity index (χ0v) is 12.0. The molecule has 20 heavy (non-hydrogen) atoms. The quantitative estimate of drug-likeness (QED) is 0.800. The van der Waals surface area contributed by atoms with Crippen LogP contribution in [0.3, 0.4) is 0 Å². The van der Waals surface area contributed by atoms with E-state index in [4.69, 9.17) is 28.3 Å². The molecule has 0 radical (unpaired) electrons. The Morgan fingerprint density at radius 1 is 1.25 bits per heavy atom. The summed E-state index contributed by atoms with van der Waals surface area (Å²) < 4.78 is 0. The number of hydrogen-bond donors (Lipinski definition) is 3. The zero-order valence-electron chi connectivity index (χ0n) is 10.5. The summed E-state index contributed by atoms with van der Waals surface area (Å²) >= 11 is 11.8. The Morgan fingerprint density at radius 2 is 2.00 bits per heavy atom. The highest BCUT2D eigenvalue weighted by atomic mass is 35.5. The van der Waals surface area contributed by atoms with Gasteiger partial charge in [0, 0.05) is 11.1 Å². The van der Waals surface area contributed by atoms with E-state index in [1.165, 1.54) is 0 Å². The molecule has 1 fully saturated rings. The lowest BCUT2D eigenvalue weighted by molar-refractivity contribution is -0.141. The third kappa shape index (κ3) is 3.77. The van der Waals surface area contributed by atoms with Gasteiger partial charge in [0.2, 0.25) is 0 Å². The fourth-order valence-electron chi connectivity index (χ4n) is 2.27. The third-order valence-electron chi connectivity index (χ3n) is 3.29. The van der Waals surface area contributed by atoms with Crippen molar-refractivity contribution in [3.8, 4) is 0 Å². The number of amides is 2. The summed E-state index contributed by atoms with van der Waals surface area (Å²) in [5, 5.41) is 15.1. The van der Waals surface area contributed by atoms with E-state index in [2.05, 4.69) is 10.6 Å².